The van der Waals surface area contributed by atoms with E-state index in [0.29, 0.717) is 31.0 Å². The lowest BCUT2D eigenvalue weighted by Crippen LogP contribution is -2.44. The van der Waals surface area contributed by atoms with Gasteiger partial charge in [-0.25, -0.2) is 4.79 Å². The van der Waals surface area contributed by atoms with Crippen LogP contribution in [0.4, 0.5) is 13.2 Å². The summed E-state index contributed by atoms with van der Waals surface area (Å²) in [5.41, 5.74) is -1.77. The van der Waals surface area contributed by atoms with Crippen LogP contribution in [0.25, 0.3) is 11.4 Å². The Morgan fingerprint density at radius 1 is 1.17 bits per heavy atom. The molecule has 30 heavy (non-hydrogen) atoms. The first-order valence-corrected chi connectivity index (χ1v) is 9.65. The number of nitrogens with zero attached hydrogens (tertiary/aromatic N) is 4. The van der Waals surface area contributed by atoms with Crippen LogP contribution >= 0.6 is 0 Å². The van der Waals surface area contributed by atoms with E-state index in [1.807, 2.05) is 6.92 Å². The van der Waals surface area contributed by atoms with Crippen molar-refractivity contribution in [1.82, 2.24) is 19.3 Å². The summed E-state index contributed by atoms with van der Waals surface area (Å²) in [6.07, 6.45) is -2.14. The van der Waals surface area contributed by atoms with Crippen molar-refractivity contribution in [2.75, 3.05) is 0 Å². The molecule has 0 saturated carbocycles. The summed E-state index contributed by atoms with van der Waals surface area (Å²) < 4.78 is 47.6. The van der Waals surface area contributed by atoms with Crippen molar-refractivity contribution in [3.8, 4) is 11.4 Å². The van der Waals surface area contributed by atoms with E-state index in [0.717, 1.165) is 23.5 Å². The second kappa shape index (κ2) is 7.58. The van der Waals surface area contributed by atoms with Crippen LogP contribution in [-0.4, -0.2) is 19.3 Å². The van der Waals surface area contributed by atoms with Gasteiger partial charge in [0.05, 0.1) is 12.1 Å². The maximum absolute atomic E-state index is 13.4. The molecule has 10 heteroatoms. The topological polar surface area (TPSA) is 82.9 Å². The lowest BCUT2D eigenvalue weighted by Gasteiger charge is -2.22. The van der Waals surface area contributed by atoms with Crippen molar-refractivity contribution in [3.63, 3.8) is 0 Å². The van der Waals surface area contributed by atoms with E-state index in [-0.39, 0.29) is 17.0 Å². The van der Waals surface area contributed by atoms with Gasteiger partial charge in [-0.05, 0) is 30.9 Å². The van der Waals surface area contributed by atoms with Gasteiger partial charge >= 0.3 is 11.9 Å². The minimum atomic E-state index is -4.60. The molecule has 158 valence electrons. The van der Waals surface area contributed by atoms with Gasteiger partial charge in [-0.15, -0.1) is 0 Å². The number of halogens is 3. The molecular weight excluding hydrogens is 401 g/mol. The predicted molar refractivity (Wildman–Crippen MR) is 101 cm³/mol. The fourth-order valence-electron chi connectivity index (χ4n) is 3.76. The molecule has 1 aromatic carbocycles. The van der Waals surface area contributed by atoms with E-state index in [4.69, 9.17) is 4.52 Å². The molecule has 1 aliphatic heterocycles. The van der Waals surface area contributed by atoms with Gasteiger partial charge in [-0.3, -0.25) is 13.9 Å². The average molecular weight is 420 g/mol. The van der Waals surface area contributed by atoms with E-state index < -0.39 is 29.5 Å². The van der Waals surface area contributed by atoms with Gasteiger partial charge in [-0.1, -0.05) is 30.3 Å². The van der Waals surface area contributed by atoms with E-state index in [2.05, 4.69) is 10.1 Å². The molecule has 0 atom stereocenters. The zero-order chi connectivity index (χ0) is 21.5. The highest BCUT2D eigenvalue weighted by molar-refractivity contribution is 5.57. The van der Waals surface area contributed by atoms with Gasteiger partial charge in [-0.2, -0.15) is 18.2 Å². The van der Waals surface area contributed by atoms with Crippen molar-refractivity contribution in [1.29, 1.82) is 0 Å². The van der Waals surface area contributed by atoms with Gasteiger partial charge in [0.1, 0.15) is 5.56 Å². The normalized spacial score (nSPS) is 14.0. The second-order valence-corrected chi connectivity index (χ2v) is 7.12. The van der Waals surface area contributed by atoms with Crippen LogP contribution in [-0.2, 0) is 32.1 Å². The first kappa shape index (κ1) is 20.1. The molecule has 0 amide bonds. The fourth-order valence-corrected chi connectivity index (χ4v) is 3.76. The number of alkyl halides is 3. The van der Waals surface area contributed by atoms with Crippen LogP contribution in [0.3, 0.4) is 0 Å². The van der Waals surface area contributed by atoms with Crippen LogP contribution in [0.5, 0.6) is 0 Å². The number of aryl methyl sites for hydroxylation is 1. The van der Waals surface area contributed by atoms with Gasteiger partial charge in [0, 0.05) is 18.7 Å². The summed E-state index contributed by atoms with van der Waals surface area (Å²) >= 11 is 0. The number of hydrogen-bond acceptors (Lipinski definition) is 5. The number of benzene rings is 1. The van der Waals surface area contributed by atoms with Crippen molar-refractivity contribution < 1.29 is 17.7 Å². The third-order valence-electron chi connectivity index (χ3n) is 5.23. The smallest absolute Gasteiger partial charge is 0.339 e. The maximum Gasteiger partial charge on any atom is 0.416 e. The highest BCUT2D eigenvalue weighted by Gasteiger charge is 2.33. The van der Waals surface area contributed by atoms with Gasteiger partial charge in [0.15, 0.2) is 0 Å². The third kappa shape index (κ3) is 3.46. The Labute approximate surface area is 168 Å². The largest absolute Gasteiger partial charge is 0.416 e. The van der Waals surface area contributed by atoms with Gasteiger partial charge < -0.3 is 4.52 Å². The first-order chi connectivity index (χ1) is 14.3. The molecule has 2 aromatic heterocycles. The standard InChI is InChI=1S/C20H19F3N4O3/c1-2-15-24-17(25-30-15)16-14-9-5-6-10-26(14)19(29)27(18(16)28)11-12-7-3-4-8-13(12)20(21,22)23/h3-4,7-8H,2,5-6,9-11H2,1H3. The van der Waals surface area contributed by atoms with Crippen molar-refractivity contribution >= 4 is 0 Å². The zero-order valence-corrected chi connectivity index (χ0v) is 16.2. The molecular formula is C20H19F3N4O3. The quantitative estimate of drug-likeness (QED) is 0.648. The Morgan fingerprint density at radius 3 is 2.63 bits per heavy atom. The van der Waals surface area contributed by atoms with Crippen molar-refractivity contribution in [3.05, 3.63) is 67.8 Å². The minimum absolute atomic E-state index is 0.0559. The monoisotopic (exact) mass is 420 g/mol. The molecule has 0 unspecified atom stereocenters. The molecule has 0 saturated heterocycles. The van der Waals surface area contributed by atoms with E-state index in [9.17, 15) is 22.8 Å². The summed E-state index contributed by atoms with van der Waals surface area (Å²) in [5.74, 6) is 0.388. The molecule has 0 bridgehead atoms. The van der Waals surface area contributed by atoms with Crippen molar-refractivity contribution in [2.45, 2.75) is 51.9 Å². The highest BCUT2D eigenvalue weighted by Crippen LogP contribution is 2.32. The molecule has 3 aromatic rings. The fraction of sp³-hybridized carbons (Fsp3) is 0.400. The number of fused-ring (bicyclic) bond motifs is 1. The Morgan fingerprint density at radius 2 is 1.93 bits per heavy atom. The third-order valence-corrected chi connectivity index (χ3v) is 5.23. The van der Waals surface area contributed by atoms with E-state index in [1.165, 1.54) is 22.8 Å². The lowest BCUT2D eigenvalue weighted by molar-refractivity contribution is -0.138. The summed E-state index contributed by atoms with van der Waals surface area (Å²) in [5, 5.41) is 3.87. The Balaban J connectivity index is 1.93. The maximum atomic E-state index is 13.4. The average Bonchev–Trinajstić information content (AvgIpc) is 3.20. The zero-order valence-electron chi connectivity index (χ0n) is 16.2. The summed E-state index contributed by atoms with van der Waals surface area (Å²) in [6, 6.07) is 4.91. The molecule has 7 nitrogen and oxygen atoms in total. The number of hydrogen-bond donors (Lipinski definition) is 0. The molecule has 0 aliphatic carbocycles. The van der Waals surface area contributed by atoms with E-state index >= 15 is 0 Å². The van der Waals surface area contributed by atoms with Crippen LogP contribution < -0.4 is 11.2 Å². The molecule has 0 N–H and O–H groups in total. The predicted octanol–water partition coefficient (Wildman–Crippen LogP) is 3.03. The van der Waals surface area contributed by atoms with Crippen LogP contribution in [0.2, 0.25) is 0 Å². The molecule has 4 rings (SSSR count). The highest BCUT2D eigenvalue weighted by atomic mass is 19.4. The van der Waals surface area contributed by atoms with Crippen LogP contribution in [0, 0.1) is 0 Å². The molecule has 0 radical (unpaired) electrons. The SMILES string of the molecule is CCc1nc(-c2c3n(c(=O)n(Cc4ccccc4C(F)(F)F)c2=O)CCCC3)no1. The van der Waals surface area contributed by atoms with Gasteiger partial charge in [0.25, 0.3) is 5.56 Å². The molecule has 0 spiro atoms. The number of aromatic nitrogens is 4. The number of rotatable bonds is 4. The lowest BCUT2D eigenvalue weighted by atomic mass is 10.0. The van der Waals surface area contributed by atoms with E-state index in [1.54, 1.807) is 0 Å². The summed E-state index contributed by atoms with van der Waals surface area (Å²) in [4.78, 5) is 30.5. The molecule has 1 aliphatic rings. The molecule has 0 fully saturated rings. The van der Waals surface area contributed by atoms with Crippen LogP contribution in [0.1, 0.15) is 42.5 Å². The van der Waals surface area contributed by atoms with Gasteiger partial charge in [0.2, 0.25) is 11.7 Å². The second-order valence-electron chi connectivity index (χ2n) is 7.12. The summed E-state index contributed by atoms with van der Waals surface area (Å²) in [7, 11) is 0. The Hall–Kier alpha value is -3.17. The summed E-state index contributed by atoms with van der Waals surface area (Å²) in [6.45, 7) is 1.69. The Kier molecular flexibility index (Phi) is 5.08. The Bertz CT molecular complexity index is 1210. The van der Waals surface area contributed by atoms with Crippen molar-refractivity contribution in [2.24, 2.45) is 0 Å². The first-order valence-electron chi connectivity index (χ1n) is 9.65. The molecule has 3 heterocycles. The minimum Gasteiger partial charge on any atom is -0.339 e. The van der Waals surface area contributed by atoms with Crippen LogP contribution in [0.15, 0.2) is 38.4 Å².